The van der Waals surface area contributed by atoms with Crippen LogP contribution in [-0.4, -0.2) is 46.6 Å². The van der Waals surface area contributed by atoms with Crippen molar-refractivity contribution in [2.24, 2.45) is 5.92 Å². The summed E-state index contributed by atoms with van der Waals surface area (Å²) < 4.78 is 0. The van der Waals surface area contributed by atoms with Gasteiger partial charge in [0.25, 0.3) is 0 Å². The van der Waals surface area contributed by atoms with Crippen molar-refractivity contribution in [2.75, 3.05) is 25.0 Å². The molecule has 1 unspecified atom stereocenters. The van der Waals surface area contributed by atoms with Crippen LogP contribution in [0.3, 0.4) is 0 Å². The second-order valence-electron chi connectivity index (χ2n) is 5.52. The summed E-state index contributed by atoms with van der Waals surface area (Å²) in [5.74, 6) is 0.604. The van der Waals surface area contributed by atoms with Crippen LogP contribution in [0.15, 0.2) is 12.1 Å². The van der Waals surface area contributed by atoms with Crippen molar-refractivity contribution in [1.82, 2.24) is 9.88 Å². The molecule has 1 aromatic rings. The third-order valence-corrected chi connectivity index (χ3v) is 4.31. The van der Waals surface area contributed by atoms with Gasteiger partial charge in [0.1, 0.15) is 5.82 Å². The quantitative estimate of drug-likeness (QED) is 0.865. The maximum Gasteiger partial charge on any atom is 0.337 e. The lowest BCUT2D eigenvalue weighted by molar-refractivity contribution is 0.0695. The number of aryl methyl sites for hydroxylation is 1. The number of carbonyl (C=O) groups is 1. The summed E-state index contributed by atoms with van der Waals surface area (Å²) in [7, 11) is 0. The Morgan fingerprint density at radius 2 is 2.16 bits per heavy atom. The fourth-order valence-electron chi connectivity index (χ4n) is 3.19. The number of aromatic carboxylic acids is 1. The molecule has 3 aliphatic heterocycles. The molecule has 0 radical (unpaired) electrons. The highest BCUT2D eigenvalue weighted by Crippen LogP contribution is 2.29. The SMILES string of the molecule is Cc1nc(NC2CN3CCC2CC3)ccc1C(=O)O. The van der Waals surface area contributed by atoms with E-state index >= 15 is 0 Å². The maximum atomic E-state index is 11.0. The van der Waals surface area contributed by atoms with Crippen molar-refractivity contribution in [2.45, 2.75) is 25.8 Å². The van der Waals surface area contributed by atoms with E-state index in [1.54, 1.807) is 19.1 Å². The molecule has 5 nitrogen and oxygen atoms in total. The predicted octanol–water partition coefficient (Wildman–Crippen LogP) is 1.59. The zero-order valence-corrected chi connectivity index (χ0v) is 11.1. The number of fused-ring (bicyclic) bond motifs is 3. The second kappa shape index (κ2) is 4.81. The van der Waals surface area contributed by atoms with E-state index in [-0.39, 0.29) is 5.56 Å². The first-order valence-electron chi connectivity index (χ1n) is 6.83. The van der Waals surface area contributed by atoms with Crippen molar-refractivity contribution in [3.63, 3.8) is 0 Å². The Bertz CT molecular complexity index is 495. The van der Waals surface area contributed by atoms with Gasteiger partial charge in [-0.2, -0.15) is 0 Å². The van der Waals surface area contributed by atoms with Gasteiger partial charge in [0, 0.05) is 12.6 Å². The molecule has 0 amide bonds. The van der Waals surface area contributed by atoms with Gasteiger partial charge < -0.3 is 15.3 Å². The van der Waals surface area contributed by atoms with Crippen molar-refractivity contribution in [3.8, 4) is 0 Å². The van der Waals surface area contributed by atoms with Gasteiger partial charge in [-0.15, -0.1) is 0 Å². The van der Waals surface area contributed by atoms with Crippen LogP contribution in [0.5, 0.6) is 0 Å². The molecule has 4 rings (SSSR count). The van der Waals surface area contributed by atoms with E-state index in [0.717, 1.165) is 18.3 Å². The Kier molecular flexibility index (Phi) is 3.14. The standard InChI is InChI=1S/C14H19N3O2/c1-9-11(14(18)19)2-3-13(15-9)16-12-8-17-6-4-10(12)5-7-17/h2-3,10,12H,4-8H2,1H3,(H,15,16)(H,18,19). The molecule has 2 bridgehead atoms. The smallest absolute Gasteiger partial charge is 0.337 e. The van der Waals surface area contributed by atoms with Crippen molar-refractivity contribution in [1.29, 1.82) is 0 Å². The summed E-state index contributed by atoms with van der Waals surface area (Å²) in [6, 6.07) is 3.85. The number of nitrogens with one attached hydrogen (secondary N) is 1. The van der Waals surface area contributed by atoms with Gasteiger partial charge >= 0.3 is 5.97 Å². The van der Waals surface area contributed by atoms with Crippen molar-refractivity contribution in [3.05, 3.63) is 23.4 Å². The lowest BCUT2D eigenvalue weighted by Crippen LogP contribution is -2.53. The van der Waals surface area contributed by atoms with Crippen LogP contribution in [0, 0.1) is 12.8 Å². The number of anilines is 1. The third kappa shape index (κ3) is 2.42. The Labute approximate surface area is 112 Å². The topological polar surface area (TPSA) is 65.5 Å². The molecular formula is C14H19N3O2. The second-order valence-corrected chi connectivity index (χ2v) is 5.52. The largest absolute Gasteiger partial charge is 0.478 e. The Morgan fingerprint density at radius 1 is 1.42 bits per heavy atom. The van der Waals surface area contributed by atoms with Gasteiger partial charge in [-0.1, -0.05) is 0 Å². The van der Waals surface area contributed by atoms with Crippen LogP contribution in [0.25, 0.3) is 0 Å². The van der Waals surface area contributed by atoms with Gasteiger partial charge in [0.15, 0.2) is 0 Å². The van der Waals surface area contributed by atoms with Crippen molar-refractivity contribution < 1.29 is 9.90 Å². The lowest BCUT2D eigenvalue weighted by atomic mass is 9.84. The molecule has 3 aliphatic rings. The van der Waals surface area contributed by atoms with E-state index in [9.17, 15) is 4.79 Å². The average molecular weight is 261 g/mol. The molecule has 102 valence electrons. The summed E-state index contributed by atoms with van der Waals surface area (Å²) in [4.78, 5) is 17.8. The lowest BCUT2D eigenvalue weighted by Gasteiger charge is -2.45. The molecule has 1 atom stereocenters. The van der Waals surface area contributed by atoms with Crippen LogP contribution in [0.4, 0.5) is 5.82 Å². The molecule has 0 spiro atoms. The maximum absolute atomic E-state index is 11.0. The van der Waals surface area contributed by atoms with Crippen LogP contribution < -0.4 is 5.32 Å². The fourth-order valence-corrected chi connectivity index (χ4v) is 3.19. The zero-order valence-electron chi connectivity index (χ0n) is 11.1. The van der Waals surface area contributed by atoms with E-state index in [0.29, 0.717) is 11.7 Å². The summed E-state index contributed by atoms with van der Waals surface area (Å²) in [6.07, 6.45) is 2.51. The van der Waals surface area contributed by atoms with Crippen molar-refractivity contribution >= 4 is 11.8 Å². The molecule has 4 heterocycles. The van der Waals surface area contributed by atoms with E-state index in [1.165, 1.54) is 25.9 Å². The molecule has 1 aromatic heterocycles. The highest BCUT2D eigenvalue weighted by atomic mass is 16.4. The highest BCUT2D eigenvalue weighted by molar-refractivity contribution is 5.89. The molecule has 19 heavy (non-hydrogen) atoms. The average Bonchev–Trinajstić information content (AvgIpc) is 2.39. The first kappa shape index (κ1) is 12.4. The Morgan fingerprint density at radius 3 is 2.68 bits per heavy atom. The van der Waals surface area contributed by atoms with Crippen LogP contribution in [0.1, 0.15) is 28.9 Å². The first-order chi connectivity index (χ1) is 9.13. The number of hydrogen-bond acceptors (Lipinski definition) is 4. The number of carboxylic acid groups (broad SMARTS) is 1. The minimum atomic E-state index is -0.917. The van der Waals surface area contributed by atoms with Crippen LogP contribution in [0.2, 0.25) is 0 Å². The number of rotatable bonds is 3. The van der Waals surface area contributed by atoms with Gasteiger partial charge in [-0.3, -0.25) is 0 Å². The number of carboxylic acids is 1. The Hall–Kier alpha value is -1.62. The third-order valence-electron chi connectivity index (χ3n) is 4.31. The molecule has 0 aromatic carbocycles. The highest BCUT2D eigenvalue weighted by Gasteiger charge is 2.34. The van der Waals surface area contributed by atoms with E-state index in [1.807, 2.05) is 0 Å². The van der Waals surface area contributed by atoms with Gasteiger partial charge in [-0.05, 0) is 50.9 Å². The number of nitrogens with zero attached hydrogens (tertiary/aromatic N) is 2. The normalized spacial score (nSPS) is 29.2. The minimum Gasteiger partial charge on any atom is -0.478 e. The van der Waals surface area contributed by atoms with E-state index in [2.05, 4.69) is 15.2 Å². The van der Waals surface area contributed by atoms with E-state index < -0.39 is 5.97 Å². The fraction of sp³-hybridized carbons (Fsp3) is 0.571. The number of hydrogen-bond donors (Lipinski definition) is 2. The van der Waals surface area contributed by atoms with Crippen LogP contribution >= 0.6 is 0 Å². The van der Waals surface area contributed by atoms with Gasteiger partial charge in [0.05, 0.1) is 11.3 Å². The minimum absolute atomic E-state index is 0.277. The molecule has 2 N–H and O–H groups in total. The monoisotopic (exact) mass is 261 g/mol. The van der Waals surface area contributed by atoms with Gasteiger partial charge in [0.2, 0.25) is 0 Å². The first-order valence-corrected chi connectivity index (χ1v) is 6.83. The zero-order chi connectivity index (χ0) is 13.4. The summed E-state index contributed by atoms with van der Waals surface area (Å²) >= 11 is 0. The molecule has 5 heteroatoms. The molecule has 3 saturated heterocycles. The summed E-state index contributed by atoms with van der Waals surface area (Å²) in [5, 5.41) is 12.5. The molecule has 0 aliphatic carbocycles. The number of aromatic nitrogens is 1. The van der Waals surface area contributed by atoms with Crippen LogP contribution in [-0.2, 0) is 0 Å². The summed E-state index contributed by atoms with van der Waals surface area (Å²) in [5.41, 5.74) is 0.846. The molecular weight excluding hydrogens is 242 g/mol. The van der Waals surface area contributed by atoms with E-state index in [4.69, 9.17) is 5.11 Å². The Balaban J connectivity index is 1.73. The number of pyridine rings is 1. The number of piperidine rings is 3. The molecule has 3 fully saturated rings. The summed E-state index contributed by atoms with van der Waals surface area (Å²) in [6.45, 7) is 5.25. The van der Waals surface area contributed by atoms with Gasteiger partial charge in [-0.25, -0.2) is 9.78 Å². The predicted molar refractivity (Wildman–Crippen MR) is 72.5 cm³/mol. The molecule has 0 saturated carbocycles.